The van der Waals surface area contributed by atoms with Crippen molar-refractivity contribution in [2.45, 2.75) is 13.5 Å². The molecular weight excluding hydrogens is 230 g/mol. The van der Waals surface area contributed by atoms with E-state index in [0.29, 0.717) is 6.54 Å². The molecule has 1 N–H and O–H groups in total. The lowest BCUT2D eigenvalue weighted by atomic mass is 10.1. The molecule has 2 heterocycles. The summed E-state index contributed by atoms with van der Waals surface area (Å²) in [5, 5.41) is 9.09. The van der Waals surface area contributed by atoms with Crippen molar-refractivity contribution in [3.05, 3.63) is 29.6 Å². The minimum absolute atomic E-state index is 0.176. The third kappa shape index (κ3) is 3.05. The quantitative estimate of drug-likeness (QED) is 0.860. The molecule has 0 saturated carbocycles. The summed E-state index contributed by atoms with van der Waals surface area (Å²) in [5.41, 5.74) is 0.977. The summed E-state index contributed by atoms with van der Waals surface area (Å²) >= 11 is 0. The lowest BCUT2D eigenvalue weighted by Crippen LogP contribution is -2.45. The van der Waals surface area contributed by atoms with Gasteiger partial charge >= 0.3 is 5.97 Å². The molecule has 1 aromatic heterocycles. The van der Waals surface area contributed by atoms with Gasteiger partial charge in [-0.05, 0) is 18.2 Å². The van der Waals surface area contributed by atoms with Crippen molar-refractivity contribution in [1.82, 2.24) is 14.8 Å². The Morgan fingerprint density at radius 2 is 2.00 bits per heavy atom. The highest BCUT2D eigenvalue weighted by Crippen LogP contribution is 2.11. The van der Waals surface area contributed by atoms with Gasteiger partial charge in [0.15, 0.2) is 5.69 Å². The van der Waals surface area contributed by atoms with Gasteiger partial charge in [0.05, 0.1) is 0 Å². The van der Waals surface area contributed by atoms with Gasteiger partial charge in [0, 0.05) is 38.9 Å². The molecule has 0 atom stereocenters. The molecule has 18 heavy (non-hydrogen) atoms. The molecule has 1 aromatic rings. The molecule has 2 rings (SSSR count). The number of aromatic carboxylic acids is 1. The van der Waals surface area contributed by atoms with Crippen LogP contribution in [0.2, 0.25) is 0 Å². The van der Waals surface area contributed by atoms with E-state index >= 15 is 0 Å². The van der Waals surface area contributed by atoms with E-state index < -0.39 is 5.97 Å². The second-order valence-corrected chi connectivity index (χ2v) is 4.53. The number of piperazine rings is 1. The Morgan fingerprint density at radius 3 is 2.61 bits per heavy atom. The predicted octanol–water partition coefficient (Wildman–Crippen LogP) is 0.917. The van der Waals surface area contributed by atoms with Crippen molar-refractivity contribution < 1.29 is 9.90 Å². The molecule has 0 bridgehead atoms. The van der Waals surface area contributed by atoms with Gasteiger partial charge in [0.2, 0.25) is 0 Å². The van der Waals surface area contributed by atoms with Crippen LogP contribution >= 0.6 is 0 Å². The van der Waals surface area contributed by atoms with E-state index in [1.54, 1.807) is 6.07 Å². The van der Waals surface area contributed by atoms with E-state index in [1.165, 1.54) is 6.20 Å². The molecule has 5 heteroatoms. The predicted molar refractivity (Wildman–Crippen MR) is 68.6 cm³/mol. The van der Waals surface area contributed by atoms with Gasteiger partial charge in [0.1, 0.15) is 0 Å². The van der Waals surface area contributed by atoms with Gasteiger partial charge in [0.25, 0.3) is 0 Å². The average Bonchev–Trinajstić information content (AvgIpc) is 2.40. The Kier molecular flexibility index (Phi) is 4.28. The van der Waals surface area contributed by atoms with Gasteiger partial charge in [-0.15, -0.1) is 0 Å². The van der Waals surface area contributed by atoms with E-state index in [2.05, 4.69) is 21.7 Å². The van der Waals surface area contributed by atoms with Crippen LogP contribution < -0.4 is 0 Å². The first-order valence-electron chi connectivity index (χ1n) is 6.32. The third-order valence-electron chi connectivity index (χ3n) is 3.40. The maximum Gasteiger partial charge on any atom is 0.354 e. The lowest BCUT2D eigenvalue weighted by Gasteiger charge is -2.34. The summed E-state index contributed by atoms with van der Waals surface area (Å²) in [6, 6.07) is 3.65. The molecule has 1 aliphatic heterocycles. The number of aromatic nitrogens is 1. The fourth-order valence-electron chi connectivity index (χ4n) is 2.26. The van der Waals surface area contributed by atoms with Gasteiger partial charge in [-0.1, -0.05) is 13.0 Å². The van der Waals surface area contributed by atoms with Crippen molar-refractivity contribution in [3.63, 3.8) is 0 Å². The van der Waals surface area contributed by atoms with Crippen LogP contribution in [0.5, 0.6) is 0 Å². The number of rotatable bonds is 4. The summed E-state index contributed by atoms with van der Waals surface area (Å²) in [7, 11) is 0. The molecule has 1 fully saturated rings. The summed E-state index contributed by atoms with van der Waals surface area (Å²) in [6.07, 6.45) is 1.53. The highest BCUT2D eigenvalue weighted by molar-refractivity contribution is 5.86. The van der Waals surface area contributed by atoms with Crippen LogP contribution in [0.3, 0.4) is 0 Å². The van der Waals surface area contributed by atoms with Crippen LogP contribution in [-0.2, 0) is 6.54 Å². The first-order valence-corrected chi connectivity index (χ1v) is 6.32. The highest BCUT2D eigenvalue weighted by atomic mass is 16.4. The van der Waals surface area contributed by atoms with Crippen LogP contribution in [-0.4, -0.2) is 58.6 Å². The van der Waals surface area contributed by atoms with Crippen molar-refractivity contribution in [1.29, 1.82) is 0 Å². The number of pyridine rings is 1. The van der Waals surface area contributed by atoms with Crippen molar-refractivity contribution in [2.75, 3.05) is 32.7 Å². The molecule has 0 radical (unpaired) electrons. The number of hydrogen-bond acceptors (Lipinski definition) is 4. The maximum absolute atomic E-state index is 11.1. The Balaban J connectivity index is 2.00. The van der Waals surface area contributed by atoms with Crippen molar-refractivity contribution in [2.24, 2.45) is 0 Å². The normalized spacial score (nSPS) is 17.8. The molecule has 98 valence electrons. The van der Waals surface area contributed by atoms with E-state index in [-0.39, 0.29) is 5.69 Å². The van der Waals surface area contributed by atoms with Crippen LogP contribution in [0, 0.1) is 0 Å². The summed E-state index contributed by atoms with van der Waals surface area (Å²) in [5.74, 6) is -0.946. The summed E-state index contributed by atoms with van der Waals surface area (Å²) in [4.78, 5) is 19.7. The van der Waals surface area contributed by atoms with Gasteiger partial charge < -0.3 is 10.0 Å². The van der Waals surface area contributed by atoms with Crippen LogP contribution in [0.15, 0.2) is 18.3 Å². The third-order valence-corrected chi connectivity index (χ3v) is 3.40. The first-order chi connectivity index (χ1) is 8.70. The van der Waals surface area contributed by atoms with Gasteiger partial charge in [-0.25, -0.2) is 9.78 Å². The Bertz CT molecular complexity index is 414. The van der Waals surface area contributed by atoms with Crippen LogP contribution in [0.4, 0.5) is 0 Å². The van der Waals surface area contributed by atoms with Gasteiger partial charge in [-0.3, -0.25) is 4.90 Å². The molecular formula is C13H19N3O2. The van der Waals surface area contributed by atoms with Gasteiger partial charge in [-0.2, -0.15) is 0 Å². The zero-order valence-electron chi connectivity index (χ0n) is 10.7. The fraction of sp³-hybridized carbons (Fsp3) is 0.538. The Hall–Kier alpha value is -1.46. The van der Waals surface area contributed by atoms with E-state index in [9.17, 15) is 4.79 Å². The smallest absolute Gasteiger partial charge is 0.354 e. The first kappa shape index (κ1) is 13.0. The van der Waals surface area contributed by atoms with Crippen LogP contribution in [0.1, 0.15) is 23.0 Å². The van der Waals surface area contributed by atoms with E-state index in [4.69, 9.17) is 5.11 Å². The summed E-state index contributed by atoms with van der Waals surface area (Å²) in [6.45, 7) is 8.01. The molecule has 0 aromatic carbocycles. The second kappa shape index (κ2) is 5.93. The highest BCUT2D eigenvalue weighted by Gasteiger charge is 2.18. The summed E-state index contributed by atoms with van der Waals surface area (Å²) < 4.78 is 0. The second-order valence-electron chi connectivity index (χ2n) is 4.53. The van der Waals surface area contributed by atoms with Crippen molar-refractivity contribution in [3.8, 4) is 0 Å². The monoisotopic (exact) mass is 249 g/mol. The number of likely N-dealkylation sites (N-methyl/N-ethyl adjacent to an activating group) is 1. The van der Waals surface area contributed by atoms with Crippen molar-refractivity contribution >= 4 is 5.97 Å². The molecule has 1 saturated heterocycles. The molecule has 0 amide bonds. The zero-order valence-corrected chi connectivity index (χ0v) is 10.7. The molecule has 0 unspecified atom stereocenters. The topological polar surface area (TPSA) is 56.7 Å². The SMILES string of the molecule is CCN1CCN(Cc2cccnc2C(=O)O)CC1. The zero-order chi connectivity index (χ0) is 13.0. The van der Waals surface area contributed by atoms with Crippen LogP contribution in [0.25, 0.3) is 0 Å². The largest absolute Gasteiger partial charge is 0.477 e. The Morgan fingerprint density at radius 1 is 1.33 bits per heavy atom. The number of carboxylic acids is 1. The molecule has 1 aliphatic rings. The molecule has 0 spiro atoms. The maximum atomic E-state index is 11.1. The number of carboxylic acid groups (broad SMARTS) is 1. The minimum Gasteiger partial charge on any atom is -0.477 e. The minimum atomic E-state index is -0.946. The fourth-order valence-corrected chi connectivity index (χ4v) is 2.26. The standard InChI is InChI=1S/C13H19N3O2/c1-2-15-6-8-16(9-7-15)10-11-4-3-5-14-12(11)13(17)18/h3-5H,2,6-10H2,1H3,(H,17,18). The lowest BCUT2D eigenvalue weighted by molar-refractivity contribution is 0.0686. The van der Waals surface area contributed by atoms with E-state index in [1.807, 2.05) is 6.07 Å². The molecule has 0 aliphatic carbocycles. The molecule has 5 nitrogen and oxygen atoms in total. The van der Waals surface area contributed by atoms with E-state index in [0.717, 1.165) is 38.3 Å². The number of carbonyl (C=O) groups is 1. The Labute approximate surface area is 107 Å². The number of nitrogens with zero attached hydrogens (tertiary/aromatic N) is 3. The average molecular weight is 249 g/mol. The number of hydrogen-bond donors (Lipinski definition) is 1.